The van der Waals surface area contributed by atoms with Crippen LogP contribution in [0.2, 0.25) is 0 Å². The summed E-state index contributed by atoms with van der Waals surface area (Å²) in [5.41, 5.74) is 1.77. The zero-order chi connectivity index (χ0) is 28.8. The van der Waals surface area contributed by atoms with Crippen LogP contribution < -0.4 is 0 Å². The van der Waals surface area contributed by atoms with E-state index in [1.165, 1.54) is 18.3 Å². The van der Waals surface area contributed by atoms with Crippen molar-refractivity contribution >= 4 is 11.9 Å². The lowest BCUT2D eigenvalue weighted by Gasteiger charge is -2.56. The first-order chi connectivity index (χ1) is 17.4. The molecule has 7 atom stereocenters. The number of carboxylic acids is 1. The van der Waals surface area contributed by atoms with Crippen LogP contribution in [0, 0.1) is 34.0 Å². The molecule has 38 heavy (non-hydrogen) atoms. The zero-order valence-corrected chi connectivity index (χ0v) is 24.4. The molecule has 0 aromatic heterocycles. The molecule has 6 nitrogen and oxygen atoms in total. The number of carboxylic acid groups (broad SMARTS) is 1. The molecular formula is C32H48O6. The average Bonchev–Trinajstić information content (AvgIpc) is 3.02. The van der Waals surface area contributed by atoms with E-state index in [0.717, 1.165) is 12.0 Å². The molecule has 3 N–H and O–H groups in total. The molecule has 0 aromatic carbocycles. The molecular weight excluding hydrogens is 480 g/mol. The summed E-state index contributed by atoms with van der Waals surface area (Å²) in [5.74, 6) is -2.18. The van der Waals surface area contributed by atoms with Crippen LogP contribution in [0.15, 0.2) is 47.6 Å². The summed E-state index contributed by atoms with van der Waals surface area (Å²) in [5, 5.41) is 32.1. The summed E-state index contributed by atoms with van der Waals surface area (Å²) in [6, 6.07) is 0. The van der Waals surface area contributed by atoms with Crippen LogP contribution in [0.25, 0.3) is 0 Å². The number of aliphatic carboxylic acids is 1. The van der Waals surface area contributed by atoms with Crippen molar-refractivity contribution in [2.24, 2.45) is 34.0 Å². The van der Waals surface area contributed by atoms with Gasteiger partial charge in [0.1, 0.15) is 0 Å². The zero-order valence-electron chi connectivity index (χ0n) is 24.4. The third-order valence-electron chi connectivity index (χ3n) is 10.6. The molecule has 1 unspecified atom stereocenters. The van der Waals surface area contributed by atoms with Crippen molar-refractivity contribution in [3.8, 4) is 0 Å². The predicted molar refractivity (Wildman–Crippen MR) is 149 cm³/mol. The van der Waals surface area contributed by atoms with Gasteiger partial charge in [0.2, 0.25) is 0 Å². The van der Waals surface area contributed by atoms with Gasteiger partial charge in [0.15, 0.2) is 0 Å². The Balaban J connectivity index is 2.04. The Morgan fingerprint density at radius 1 is 1.16 bits per heavy atom. The summed E-state index contributed by atoms with van der Waals surface area (Å²) in [6.07, 6.45) is 7.33. The molecule has 0 bridgehead atoms. The number of aliphatic hydroxyl groups excluding tert-OH is 1. The first-order valence-corrected chi connectivity index (χ1v) is 13.9. The van der Waals surface area contributed by atoms with E-state index in [4.69, 9.17) is 4.74 Å². The maximum atomic E-state index is 12.6. The van der Waals surface area contributed by atoms with Crippen molar-refractivity contribution in [1.29, 1.82) is 0 Å². The summed E-state index contributed by atoms with van der Waals surface area (Å²) < 4.78 is 4.95. The molecule has 3 rings (SSSR count). The van der Waals surface area contributed by atoms with Gasteiger partial charge in [-0.3, -0.25) is 9.59 Å². The van der Waals surface area contributed by atoms with E-state index < -0.39 is 40.3 Å². The molecule has 3 aliphatic carbocycles. The van der Waals surface area contributed by atoms with E-state index in [1.807, 2.05) is 6.92 Å². The fourth-order valence-electron chi connectivity index (χ4n) is 7.95. The van der Waals surface area contributed by atoms with Gasteiger partial charge in [0, 0.05) is 17.8 Å². The van der Waals surface area contributed by atoms with Crippen LogP contribution in [-0.2, 0) is 14.3 Å². The van der Waals surface area contributed by atoms with Gasteiger partial charge in [-0.15, -0.1) is 0 Å². The van der Waals surface area contributed by atoms with Gasteiger partial charge in [0.05, 0.1) is 24.7 Å². The number of esters is 1. The Hall–Kier alpha value is -2.18. The van der Waals surface area contributed by atoms with Gasteiger partial charge in [-0.25, -0.2) is 0 Å². The van der Waals surface area contributed by atoms with Crippen molar-refractivity contribution in [1.82, 2.24) is 0 Å². The number of fused-ring (bicyclic) bond motifs is 3. The molecule has 0 spiro atoms. The van der Waals surface area contributed by atoms with Crippen LogP contribution in [0.1, 0.15) is 86.5 Å². The molecule has 0 aromatic rings. The highest BCUT2D eigenvalue weighted by molar-refractivity contribution is 5.71. The Labute approximate surface area is 228 Å². The molecule has 1 fully saturated rings. The lowest BCUT2D eigenvalue weighted by molar-refractivity contribution is -0.148. The Morgan fingerprint density at radius 2 is 1.79 bits per heavy atom. The van der Waals surface area contributed by atoms with Crippen molar-refractivity contribution in [2.45, 2.75) is 98.2 Å². The second-order valence-corrected chi connectivity index (χ2v) is 13.3. The van der Waals surface area contributed by atoms with Gasteiger partial charge < -0.3 is 20.1 Å². The largest absolute Gasteiger partial charge is 0.481 e. The van der Waals surface area contributed by atoms with Crippen molar-refractivity contribution in [3.05, 3.63) is 47.6 Å². The minimum atomic E-state index is -1.08. The topological polar surface area (TPSA) is 104 Å². The maximum absolute atomic E-state index is 12.6. The first kappa shape index (κ1) is 30.4. The lowest BCUT2D eigenvalue weighted by Crippen LogP contribution is -2.48. The van der Waals surface area contributed by atoms with Crippen LogP contribution >= 0.6 is 0 Å². The lowest BCUT2D eigenvalue weighted by atomic mass is 9.48. The highest BCUT2D eigenvalue weighted by Gasteiger charge is 2.65. The van der Waals surface area contributed by atoms with Gasteiger partial charge in [-0.2, -0.15) is 0 Å². The number of ether oxygens (including phenoxy) is 1. The van der Waals surface area contributed by atoms with Crippen molar-refractivity contribution in [2.75, 3.05) is 7.11 Å². The normalized spacial score (nSPS) is 35.3. The smallest absolute Gasteiger partial charge is 0.306 e. The monoisotopic (exact) mass is 528 g/mol. The minimum absolute atomic E-state index is 0.178. The van der Waals surface area contributed by atoms with Gasteiger partial charge in [-0.05, 0) is 92.8 Å². The summed E-state index contributed by atoms with van der Waals surface area (Å²) in [6.45, 7) is 20.2. The molecule has 0 aliphatic heterocycles. The van der Waals surface area contributed by atoms with Crippen LogP contribution in [0.3, 0.4) is 0 Å². The maximum Gasteiger partial charge on any atom is 0.306 e. The fraction of sp³-hybridized carbons (Fsp3) is 0.688. The second-order valence-electron chi connectivity index (χ2n) is 13.3. The summed E-state index contributed by atoms with van der Waals surface area (Å²) in [4.78, 5) is 24.7. The third-order valence-corrected chi connectivity index (χ3v) is 10.6. The Bertz CT molecular complexity index is 1060. The number of rotatable bonds is 10. The van der Waals surface area contributed by atoms with Crippen molar-refractivity contribution in [3.63, 3.8) is 0 Å². The van der Waals surface area contributed by atoms with E-state index in [-0.39, 0.29) is 17.3 Å². The SMILES string of the molecule is C=C(C)[C@@H]1CC=C2C(=CC[C@]3(C)[C@@H](C(CCC(=C)C(C)(C)O)C(=O)O)[C@H](O)C[C@@]23C)[C@@]1(C)CCC(=O)OC. The molecule has 212 valence electrons. The third kappa shape index (κ3) is 4.95. The first-order valence-electron chi connectivity index (χ1n) is 13.9. The number of methoxy groups -OCH3 is 1. The number of hydrogen-bond acceptors (Lipinski definition) is 5. The highest BCUT2D eigenvalue weighted by Crippen LogP contribution is 2.70. The van der Waals surface area contributed by atoms with E-state index in [0.29, 0.717) is 44.1 Å². The number of carbonyl (C=O) groups is 2. The Morgan fingerprint density at radius 3 is 2.32 bits per heavy atom. The van der Waals surface area contributed by atoms with Gasteiger partial charge in [0.25, 0.3) is 0 Å². The van der Waals surface area contributed by atoms with E-state index >= 15 is 0 Å². The van der Waals surface area contributed by atoms with Crippen molar-refractivity contribution < 1.29 is 29.6 Å². The van der Waals surface area contributed by atoms with Crippen LogP contribution in [0.5, 0.6) is 0 Å². The quantitative estimate of drug-likeness (QED) is 0.237. The number of carbonyl (C=O) groups excluding carboxylic acids is 1. The van der Waals surface area contributed by atoms with E-state index in [9.17, 15) is 24.9 Å². The van der Waals surface area contributed by atoms with Gasteiger partial charge >= 0.3 is 11.9 Å². The standard InChI is InChI=1S/C32H48O6/c1-19(2)22-12-13-24-23(30(22,6)16-15-26(34)38-9)14-17-31(7)27(25(33)18-32(24,31)8)21(28(35)36)11-10-20(3)29(4,5)37/h13-14,21-22,25,27,33,37H,1,3,10-12,15-18H2,2,4-9H3,(H,35,36)/t21?,22-,25+,27-,30-,31+,32-/m0/s1. The molecule has 3 aliphatic rings. The number of allylic oxidation sites excluding steroid dienone is 5. The molecule has 0 heterocycles. The fourth-order valence-corrected chi connectivity index (χ4v) is 7.95. The summed E-state index contributed by atoms with van der Waals surface area (Å²) in [7, 11) is 1.41. The summed E-state index contributed by atoms with van der Waals surface area (Å²) >= 11 is 0. The van der Waals surface area contributed by atoms with Crippen LogP contribution in [0.4, 0.5) is 0 Å². The second kappa shape index (κ2) is 10.4. The molecule has 0 amide bonds. The molecule has 1 saturated carbocycles. The molecule has 6 heteroatoms. The molecule has 0 saturated heterocycles. The highest BCUT2D eigenvalue weighted by atomic mass is 16.5. The van der Waals surface area contributed by atoms with E-state index in [2.05, 4.69) is 46.1 Å². The number of hydrogen-bond donors (Lipinski definition) is 3. The predicted octanol–water partition coefficient (Wildman–Crippen LogP) is 6.00. The van der Waals surface area contributed by atoms with E-state index in [1.54, 1.807) is 13.8 Å². The van der Waals surface area contributed by atoms with Crippen LogP contribution in [-0.4, -0.2) is 46.1 Å². The van der Waals surface area contributed by atoms with Gasteiger partial charge in [-0.1, -0.05) is 51.7 Å². The average molecular weight is 529 g/mol. The Kier molecular flexibility index (Phi) is 8.33. The number of aliphatic hydroxyl groups is 2. The minimum Gasteiger partial charge on any atom is -0.481 e. The molecule has 0 radical (unpaired) electrons.